The first-order chi connectivity index (χ1) is 7.47. The van der Waals surface area contributed by atoms with E-state index in [9.17, 15) is 0 Å². The van der Waals surface area contributed by atoms with Crippen molar-refractivity contribution in [3.63, 3.8) is 0 Å². The standard InChI is InChI=1S/C7H5NS.C5H7N/c1-2-4-7-6(3-1)8-5-9-7;1-2-4-6-5-3-1/h1-5H;1-4,6H,5H2. The number of thiazole rings is 1. The highest BCUT2D eigenvalue weighted by atomic mass is 32.1. The molecule has 0 bridgehead atoms. The van der Waals surface area contributed by atoms with Crippen LogP contribution in [0.4, 0.5) is 0 Å². The molecule has 15 heavy (non-hydrogen) atoms. The van der Waals surface area contributed by atoms with Crippen LogP contribution in [-0.2, 0) is 0 Å². The molecule has 0 amide bonds. The van der Waals surface area contributed by atoms with Gasteiger partial charge in [-0.2, -0.15) is 0 Å². The molecule has 0 atom stereocenters. The van der Waals surface area contributed by atoms with Crippen LogP contribution in [0, 0.1) is 0 Å². The summed E-state index contributed by atoms with van der Waals surface area (Å²) in [5.74, 6) is 0. The van der Waals surface area contributed by atoms with Gasteiger partial charge < -0.3 is 5.32 Å². The molecule has 0 aliphatic carbocycles. The van der Waals surface area contributed by atoms with E-state index in [1.54, 1.807) is 11.3 Å². The number of benzene rings is 1. The molecule has 1 aliphatic rings. The minimum absolute atomic E-state index is 0.983. The summed E-state index contributed by atoms with van der Waals surface area (Å²) in [6.45, 7) is 0.983. The predicted molar refractivity (Wildman–Crippen MR) is 65.9 cm³/mol. The van der Waals surface area contributed by atoms with Crippen molar-refractivity contribution in [2.75, 3.05) is 6.54 Å². The molecule has 3 heteroatoms. The molecule has 1 aliphatic heterocycles. The second-order valence-corrected chi connectivity index (χ2v) is 3.90. The Labute approximate surface area is 93.0 Å². The van der Waals surface area contributed by atoms with Gasteiger partial charge in [0, 0.05) is 6.54 Å². The second kappa shape index (κ2) is 5.32. The summed E-state index contributed by atoms with van der Waals surface area (Å²) in [5.41, 5.74) is 2.97. The molecule has 2 heterocycles. The maximum Gasteiger partial charge on any atom is 0.0812 e. The van der Waals surface area contributed by atoms with Crippen molar-refractivity contribution in [2.24, 2.45) is 0 Å². The van der Waals surface area contributed by atoms with E-state index in [4.69, 9.17) is 0 Å². The van der Waals surface area contributed by atoms with Gasteiger partial charge in [-0.3, -0.25) is 0 Å². The van der Waals surface area contributed by atoms with Crippen molar-refractivity contribution >= 4 is 21.6 Å². The zero-order valence-electron chi connectivity index (χ0n) is 8.26. The molecule has 0 fully saturated rings. The Balaban J connectivity index is 0.000000124. The van der Waals surface area contributed by atoms with Crippen LogP contribution in [0.3, 0.4) is 0 Å². The summed E-state index contributed by atoms with van der Waals surface area (Å²) in [5, 5.41) is 3.02. The van der Waals surface area contributed by atoms with Crippen molar-refractivity contribution in [3.8, 4) is 0 Å². The number of fused-ring (bicyclic) bond motifs is 1. The molecule has 3 rings (SSSR count). The van der Waals surface area contributed by atoms with Crippen molar-refractivity contribution < 1.29 is 0 Å². The topological polar surface area (TPSA) is 24.9 Å². The molecule has 0 saturated heterocycles. The van der Waals surface area contributed by atoms with Crippen LogP contribution in [-0.4, -0.2) is 11.5 Å². The largest absolute Gasteiger partial charge is 0.387 e. The van der Waals surface area contributed by atoms with E-state index >= 15 is 0 Å². The second-order valence-electron chi connectivity index (χ2n) is 3.02. The van der Waals surface area contributed by atoms with Crippen molar-refractivity contribution in [1.82, 2.24) is 10.3 Å². The summed E-state index contributed by atoms with van der Waals surface area (Å²) < 4.78 is 1.26. The zero-order valence-corrected chi connectivity index (χ0v) is 9.08. The van der Waals surface area contributed by atoms with Gasteiger partial charge in [-0.25, -0.2) is 4.98 Å². The highest BCUT2D eigenvalue weighted by Crippen LogP contribution is 2.15. The maximum absolute atomic E-state index is 4.14. The third-order valence-corrected chi connectivity index (χ3v) is 2.74. The minimum Gasteiger partial charge on any atom is -0.387 e. The molecule has 0 spiro atoms. The van der Waals surface area contributed by atoms with Gasteiger partial charge in [0.05, 0.1) is 15.7 Å². The third kappa shape index (κ3) is 2.92. The number of nitrogens with one attached hydrogen (secondary N) is 1. The average molecular weight is 216 g/mol. The molecule has 76 valence electrons. The van der Waals surface area contributed by atoms with Crippen LogP contribution in [0.25, 0.3) is 10.2 Å². The highest BCUT2D eigenvalue weighted by Gasteiger charge is 1.89. The van der Waals surface area contributed by atoms with Crippen LogP contribution in [0.15, 0.2) is 54.2 Å². The van der Waals surface area contributed by atoms with Crippen LogP contribution < -0.4 is 5.32 Å². The van der Waals surface area contributed by atoms with Gasteiger partial charge >= 0.3 is 0 Å². The number of hydrogen-bond donors (Lipinski definition) is 1. The first kappa shape index (κ1) is 9.93. The number of nitrogens with zero attached hydrogens (tertiary/aromatic N) is 1. The van der Waals surface area contributed by atoms with Gasteiger partial charge in [-0.05, 0) is 24.4 Å². The number of dihydropyridines is 1. The van der Waals surface area contributed by atoms with Crippen molar-refractivity contribution in [3.05, 3.63) is 54.2 Å². The van der Waals surface area contributed by atoms with Crippen LogP contribution in [0.5, 0.6) is 0 Å². The Kier molecular flexibility index (Phi) is 3.52. The Morgan fingerprint density at radius 1 is 1.20 bits per heavy atom. The fraction of sp³-hybridized carbons (Fsp3) is 0.0833. The number of hydrogen-bond acceptors (Lipinski definition) is 3. The molecule has 0 unspecified atom stereocenters. The lowest BCUT2D eigenvalue weighted by molar-refractivity contribution is 0.972. The Bertz CT molecular complexity index is 429. The van der Waals surface area contributed by atoms with Gasteiger partial charge in [-0.15, -0.1) is 11.3 Å². The maximum atomic E-state index is 4.14. The molecule has 1 aromatic carbocycles. The smallest absolute Gasteiger partial charge is 0.0812 e. The van der Waals surface area contributed by atoms with Gasteiger partial charge in [0.2, 0.25) is 0 Å². The van der Waals surface area contributed by atoms with Crippen molar-refractivity contribution in [1.29, 1.82) is 0 Å². The molecule has 0 saturated carbocycles. The average Bonchev–Trinajstić information content (AvgIpc) is 2.80. The summed E-state index contributed by atoms with van der Waals surface area (Å²) in [4.78, 5) is 4.14. The number of allylic oxidation sites excluding steroid dienone is 2. The molecule has 2 aromatic rings. The first-order valence-electron chi connectivity index (χ1n) is 4.80. The van der Waals surface area contributed by atoms with Crippen molar-refractivity contribution in [2.45, 2.75) is 0 Å². The van der Waals surface area contributed by atoms with Gasteiger partial charge in [0.25, 0.3) is 0 Å². The summed E-state index contributed by atoms with van der Waals surface area (Å²) in [7, 11) is 0. The molecular formula is C12H12N2S. The first-order valence-corrected chi connectivity index (χ1v) is 5.68. The van der Waals surface area contributed by atoms with E-state index in [0.717, 1.165) is 12.1 Å². The minimum atomic E-state index is 0.983. The molecule has 1 N–H and O–H groups in total. The van der Waals surface area contributed by atoms with E-state index in [-0.39, 0.29) is 0 Å². The van der Waals surface area contributed by atoms with Crippen LogP contribution in [0.1, 0.15) is 0 Å². The lowest BCUT2D eigenvalue weighted by atomic mass is 10.3. The zero-order chi connectivity index (χ0) is 10.3. The predicted octanol–water partition coefficient (Wildman–Crippen LogP) is 2.96. The van der Waals surface area contributed by atoms with Crippen LogP contribution >= 0.6 is 11.3 Å². The molecule has 2 nitrogen and oxygen atoms in total. The van der Waals surface area contributed by atoms with Crippen LogP contribution in [0.2, 0.25) is 0 Å². The summed E-state index contributed by atoms with van der Waals surface area (Å²) >= 11 is 1.68. The fourth-order valence-corrected chi connectivity index (χ4v) is 1.89. The highest BCUT2D eigenvalue weighted by molar-refractivity contribution is 7.16. The monoisotopic (exact) mass is 216 g/mol. The Morgan fingerprint density at radius 2 is 2.13 bits per heavy atom. The molecule has 0 radical (unpaired) electrons. The fourth-order valence-electron chi connectivity index (χ4n) is 1.21. The number of para-hydroxylation sites is 1. The normalized spacial score (nSPS) is 13.1. The van der Waals surface area contributed by atoms with E-state index in [1.165, 1.54) is 4.70 Å². The van der Waals surface area contributed by atoms with Gasteiger partial charge in [0.1, 0.15) is 0 Å². The van der Waals surface area contributed by atoms with Gasteiger partial charge in [0.15, 0.2) is 0 Å². The number of aromatic nitrogens is 1. The Morgan fingerprint density at radius 3 is 2.73 bits per heavy atom. The molecule has 1 aromatic heterocycles. The SMILES string of the molecule is C1=CCNC=C1.c1ccc2scnc2c1. The molecular weight excluding hydrogens is 204 g/mol. The number of rotatable bonds is 0. The summed E-state index contributed by atoms with van der Waals surface area (Å²) in [6, 6.07) is 8.13. The summed E-state index contributed by atoms with van der Waals surface area (Å²) in [6.07, 6.45) is 8.00. The Hall–Kier alpha value is -1.61. The quantitative estimate of drug-likeness (QED) is 0.732. The third-order valence-electron chi connectivity index (χ3n) is 1.93. The van der Waals surface area contributed by atoms with E-state index in [0.29, 0.717) is 0 Å². The van der Waals surface area contributed by atoms with E-state index < -0.39 is 0 Å². The van der Waals surface area contributed by atoms with Gasteiger partial charge in [-0.1, -0.05) is 24.3 Å². The lowest BCUT2D eigenvalue weighted by Gasteiger charge is -1.94. The lowest BCUT2D eigenvalue weighted by Crippen LogP contribution is -2.05. The van der Waals surface area contributed by atoms with E-state index in [2.05, 4.69) is 22.4 Å². The van der Waals surface area contributed by atoms with E-state index in [1.807, 2.05) is 42.1 Å².